The van der Waals surface area contributed by atoms with Crippen LogP contribution in [0.3, 0.4) is 0 Å². The van der Waals surface area contributed by atoms with Gasteiger partial charge in [0.05, 0.1) is 22.6 Å². The van der Waals surface area contributed by atoms with Crippen LogP contribution in [0, 0.1) is 0 Å². The quantitative estimate of drug-likeness (QED) is 0.602. The average molecular weight is 364 g/mol. The van der Waals surface area contributed by atoms with Crippen molar-refractivity contribution < 1.29 is 14.3 Å². The van der Waals surface area contributed by atoms with Crippen molar-refractivity contribution in [3.05, 3.63) is 50.9 Å². The zero-order chi connectivity index (χ0) is 17.1. The summed E-state index contributed by atoms with van der Waals surface area (Å²) in [7, 11) is 1.31. The van der Waals surface area contributed by atoms with E-state index >= 15 is 0 Å². The van der Waals surface area contributed by atoms with Crippen molar-refractivity contribution >= 4 is 40.7 Å². The molecule has 0 spiro atoms. The first kappa shape index (κ1) is 17.1. The molecular formula is C18H18ClNO3S. The molecule has 0 unspecified atom stereocenters. The molecule has 0 aromatic heterocycles. The minimum Gasteiger partial charge on any atom is -0.466 e. The molecule has 4 nitrogen and oxygen atoms in total. The van der Waals surface area contributed by atoms with Crippen LogP contribution >= 0.6 is 23.4 Å². The molecule has 2 aliphatic heterocycles. The maximum absolute atomic E-state index is 12.9. The molecular weight excluding hydrogens is 346 g/mol. The van der Waals surface area contributed by atoms with Crippen LogP contribution in [0.1, 0.15) is 24.8 Å². The van der Waals surface area contributed by atoms with Gasteiger partial charge in [-0.05, 0) is 37.0 Å². The highest BCUT2D eigenvalue weighted by molar-refractivity contribution is 8.08. The number of nitrogens with zero attached hydrogens (tertiary/aromatic N) is 1. The van der Waals surface area contributed by atoms with Crippen LogP contribution in [0.5, 0.6) is 0 Å². The maximum atomic E-state index is 12.9. The normalized spacial score (nSPS) is 20.0. The van der Waals surface area contributed by atoms with Crippen molar-refractivity contribution in [2.45, 2.75) is 19.3 Å². The van der Waals surface area contributed by atoms with E-state index in [2.05, 4.69) is 9.64 Å². The molecule has 0 aliphatic carbocycles. The first-order valence-corrected chi connectivity index (χ1v) is 9.07. The van der Waals surface area contributed by atoms with Crippen LogP contribution < -0.4 is 0 Å². The summed E-state index contributed by atoms with van der Waals surface area (Å²) in [6.45, 7) is 1.86. The number of ketones is 1. The van der Waals surface area contributed by atoms with Crippen LogP contribution in [0.4, 0.5) is 0 Å². The minimum absolute atomic E-state index is 0.131. The Kier molecular flexibility index (Phi) is 5.31. The van der Waals surface area contributed by atoms with Crippen molar-refractivity contribution in [1.29, 1.82) is 0 Å². The molecule has 126 valence electrons. The average Bonchev–Trinajstić information content (AvgIpc) is 2.93. The first-order chi connectivity index (χ1) is 11.6. The molecule has 2 heterocycles. The number of esters is 1. The molecule has 1 saturated heterocycles. The number of piperidine rings is 1. The van der Waals surface area contributed by atoms with Gasteiger partial charge in [0.2, 0.25) is 5.78 Å². The second kappa shape index (κ2) is 7.45. The third kappa shape index (κ3) is 3.52. The lowest BCUT2D eigenvalue weighted by molar-refractivity contribution is -0.135. The summed E-state index contributed by atoms with van der Waals surface area (Å²) >= 11 is 7.33. The number of hydrogen-bond acceptors (Lipinski definition) is 5. The Balaban J connectivity index is 2.02. The topological polar surface area (TPSA) is 46.6 Å². The third-order valence-corrected chi connectivity index (χ3v) is 5.53. The molecule has 0 N–H and O–H groups in total. The van der Waals surface area contributed by atoms with Crippen molar-refractivity contribution in [3.63, 3.8) is 0 Å². The van der Waals surface area contributed by atoms with Gasteiger partial charge in [-0.1, -0.05) is 35.5 Å². The van der Waals surface area contributed by atoms with Crippen molar-refractivity contribution in [3.8, 4) is 0 Å². The summed E-state index contributed by atoms with van der Waals surface area (Å²) in [4.78, 5) is 27.1. The van der Waals surface area contributed by atoms with Crippen LogP contribution in [0.2, 0.25) is 5.02 Å². The molecule has 0 atom stereocenters. The Morgan fingerprint density at radius 3 is 2.50 bits per heavy atom. The van der Waals surface area contributed by atoms with Crippen molar-refractivity contribution in [2.75, 3.05) is 20.2 Å². The third-order valence-electron chi connectivity index (χ3n) is 4.10. The highest BCUT2D eigenvalue weighted by Crippen LogP contribution is 2.45. The number of carbonyl (C=O) groups excluding carboxylic acids is 2. The maximum Gasteiger partial charge on any atom is 0.331 e. The van der Waals surface area contributed by atoms with E-state index in [-0.39, 0.29) is 5.78 Å². The first-order valence-electron chi connectivity index (χ1n) is 7.87. The van der Waals surface area contributed by atoms with Gasteiger partial charge in [0, 0.05) is 24.2 Å². The molecule has 1 fully saturated rings. The van der Waals surface area contributed by atoms with E-state index in [0.717, 1.165) is 36.5 Å². The minimum atomic E-state index is -0.513. The Morgan fingerprint density at radius 1 is 1.21 bits per heavy atom. The van der Waals surface area contributed by atoms with Gasteiger partial charge in [-0.25, -0.2) is 4.79 Å². The standard InChI is InChI=1S/C18H18ClNO3S/c1-23-15(21)11-14-17(22)16(12-5-7-13(19)8-6-12)18(24-14)20-9-3-2-4-10-20/h5-8,11H,2-4,9-10H2,1H3. The zero-order valence-electron chi connectivity index (χ0n) is 13.4. The zero-order valence-corrected chi connectivity index (χ0v) is 15.0. The van der Waals surface area contributed by atoms with E-state index in [0.29, 0.717) is 15.5 Å². The van der Waals surface area contributed by atoms with Gasteiger partial charge >= 0.3 is 5.97 Å². The Morgan fingerprint density at radius 2 is 1.88 bits per heavy atom. The summed E-state index contributed by atoms with van der Waals surface area (Å²) in [5, 5.41) is 1.56. The largest absolute Gasteiger partial charge is 0.466 e. The van der Waals surface area contributed by atoms with E-state index in [1.54, 1.807) is 12.1 Å². The molecule has 0 amide bonds. The number of carbonyl (C=O) groups is 2. The van der Waals surface area contributed by atoms with Gasteiger partial charge in [0.15, 0.2) is 0 Å². The van der Waals surface area contributed by atoms with Crippen molar-refractivity contribution in [2.24, 2.45) is 0 Å². The van der Waals surface area contributed by atoms with E-state index in [1.807, 2.05) is 12.1 Å². The van der Waals surface area contributed by atoms with Gasteiger partial charge < -0.3 is 9.64 Å². The van der Waals surface area contributed by atoms with Gasteiger partial charge in [-0.15, -0.1) is 0 Å². The lowest BCUT2D eigenvalue weighted by atomic mass is 10.0. The molecule has 0 radical (unpaired) electrons. The van der Waals surface area contributed by atoms with E-state index in [4.69, 9.17) is 11.6 Å². The van der Waals surface area contributed by atoms with E-state index in [1.165, 1.54) is 31.4 Å². The predicted octanol–water partition coefficient (Wildman–Crippen LogP) is 3.87. The highest BCUT2D eigenvalue weighted by Gasteiger charge is 2.34. The molecule has 6 heteroatoms. The van der Waals surface area contributed by atoms with E-state index < -0.39 is 5.97 Å². The smallest absolute Gasteiger partial charge is 0.331 e. The number of thioether (sulfide) groups is 1. The number of Topliss-reactive ketones (excluding diaryl/α,β-unsaturated/α-hetero) is 1. The molecule has 1 aromatic rings. The van der Waals surface area contributed by atoms with Crippen LogP contribution in [0.15, 0.2) is 40.3 Å². The SMILES string of the molecule is COC(=O)C=C1SC(N2CCCCC2)=C(c2ccc(Cl)cc2)C1=O. The molecule has 0 saturated carbocycles. The number of hydrogen-bond donors (Lipinski definition) is 0. The number of halogens is 1. The molecule has 2 aliphatic rings. The lowest BCUT2D eigenvalue weighted by Crippen LogP contribution is -2.28. The number of ether oxygens (including phenoxy) is 1. The van der Waals surface area contributed by atoms with Crippen LogP contribution in [-0.2, 0) is 14.3 Å². The van der Waals surface area contributed by atoms with Gasteiger partial charge in [0.1, 0.15) is 0 Å². The lowest BCUT2D eigenvalue weighted by Gasteiger charge is -2.29. The molecule has 3 rings (SSSR count). The number of allylic oxidation sites excluding steroid dienone is 2. The number of likely N-dealkylation sites (tertiary alicyclic amines) is 1. The Bertz CT molecular complexity index is 718. The summed E-state index contributed by atoms with van der Waals surface area (Å²) in [6.07, 6.45) is 4.72. The van der Waals surface area contributed by atoms with Crippen molar-refractivity contribution in [1.82, 2.24) is 4.90 Å². The highest BCUT2D eigenvalue weighted by atomic mass is 35.5. The van der Waals surface area contributed by atoms with E-state index in [9.17, 15) is 9.59 Å². The van der Waals surface area contributed by atoms with Gasteiger partial charge in [-0.3, -0.25) is 4.79 Å². The predicted molar refractivity (Wildman–Crippen MR) is 96.5 cm³/mol. The monoisotopic (exact) mass is 363 g/mol. The number of methoxy groups -OCH3 is 1. The fourth-order valence-electron chi connectivity index (χ4n) is 2.87. The number of rotatable bonds is 3. The van der Waals surface area contributed by atoms with Gasteiger partial charge in [0.25, 0.3) is 0 Å². The summed E-state index contributed by atoms with van der Waals surface area (Å²) < 4.78 is 4.67. The molecule has 0 bridgehead atoms. The molecule has 1 aromatic carbocycles. The summed E-state index contributed by atoms with van der Waals surface area (Å²) in [5.74, 6) is -0.644. The number of benzene rings is 1. The Labute approximate surface area is 150 Å². The van der Waals surface area contributed by atoms with Gasteiger partial charge in [-0.2, -0.15) is 0 Å². The summed E-state index contributed by atoms with van der Waals surface area (Å²) in [5.41, 5.74) is 1.47. The summed E-state index contributed by atoms with van der Waals surface area (Å²) in [6, 6.07) is 7.25. The second-order valence-electron chi connectivity index (χ2n) is 5.70. The fourth-order valence-corrected chi connectivity index (χ4v) is 4.18. The fraction of sp³-hybridized carbons (Fsp3) is 0.333. The second-order valence-corrected chi connectivity index (χ2v) is 7.16. The molecule has 24 heavy (non-hydrogen) atoms. The van der Waals surface area contributed by atoms with Crippen LogP contribution in [-0.4, -0.2) is 36.9 Å². The Hall–Kier alpha value is -1.72. The van der Waals surface area contributed by atoms with Crippen LogP contribution in [0.25, 0.3) is 5.57 Å².